The lowest BCUT2D eigenvalue weighted by atomic mass is 10.1. The Morgan fingerprint density at radius 3 is 2.48 bits per heavy atom. The molecule has 0 saturated carbocycles. The minimum Gasteiger partial charge on any atom is -0.340 e. The summed E-state index contributed by atoms with van der Waals surface area (Å²) in [5.41, 5.74) is 3.58. The normalized spacial score (nSPS) is 10.4. The van der Waals surface area contributed by atoms with E-state index in [1.54, 1.807) is 31.3 Å². The lowest BCUT2D eigenvalue weighted by Gasteiger charge is -2.10. The standard InChI is InChI=1S/C19H17BrN4O/c1-12-11-15(20)5-8-17(12)23-19-21-10-9-18(24-19)22-16-6-3-14(4-7-16)13(2)25/h3-11H,1-2H3,(H2,21,22,23,24). The maximum atomic E-state index is 11.3. The van der Waals surface area contributed by atoms with Gasteiger partial charge in [-0.25, -0.2) is 4.98 Å². The molecule has 2 N–H and O–H groups in total. The van der Waals surface area contributed by atoms with E-state index in [4.69, 9.17) is 0 Å². The van der Waals surface area contributed by atoms with Gasteiger partial charge in [0.1, 0.15) is 5.82 Å². The Bertz CT molecular complexity index is 910. The summed E-state index contributed by atoms with van der Waals surface area (Å²) >= 11 is 3.45. The van der Waals surface area contributed by atoms with Crippen LogP contribution >= 0.6 is 15.9 Å². The molecule has 0 aliphatic carbocycles. The van der Waals surface area contributed by atoms with Gasteiger partial charge < -0.3 is 10.6 Å². The second-order valence-electron chi connectivity index (χ2n) is 5.61. The first-order valence-corrected chi connectivity index (χ1v) is 8.55. The number of nitrogens with one attached hydrogen (secondary N) is 2. The summed E-state index contributed by atoms with van der Waals surface area (Å²) in [5.74, 6) is 1.23. The van der Waals surface area contributed by atoms with E-state index in [0.717, 1.165) is 21.4 Å². The molecule has 1 heterocycles. The molecule has 3 rings (SSSR count). The van der Waals surface area contributed by atoms with E-state index in [9.17, 15) is 4.79 Å². The summed E-state index contributed by atoms with van der Waals surface area (Å²) in [5, 5.41) is 6.43. The van der Waals surface area contributed by atoms with Crippen LogP contribution in [0.1, 0.15) is 22.8 Å². The molecule has 0 radical (unpaired) electrons. The molecule has 0 amide bonds. The van der Waals surface area contributed by atoms with E-state index in [2.05, 4.69) is 36.5 Å². The number of hydrogen-bond donors (Lipinski definition) is 2. The predicted molar refractivity (Wildman–Crippen MR) is 104 cm³/mol. The molecule has 6 heteroatoms. The summed E-state index contributed by atoms with van der Waals surface area (Å²) < 4.78 is 1.03. The van der Waals surface area contributed by atoms with Crippen LogP contribution in [0, 0.1) is 6.92 Å². The highest BCUT2D eigenvalue weighted by molar-refractivity contribution is 9.10. The number of hydrogen-bond acceptors (Lipinski definition) is 5. The second kappa shape index (κ2) is 7.44. The number of Topliss-reactive ketones (excluding diaryl/α,β-unsaturated/α-hetero) is 1. The molecular weight excluding hydrogens is 380 g/mol. The van der Waals surface area contributed by atoms with Gasteiger partial charge in [-0.2, -0.15) is 4.98 Å². The van der Waals surface area contributed by atoms with Crippen LogP contribution in [0.4, 0.5) is 23.1 Å². The highest BCUT2D eigenvalue weighted by Gasteiger charge is 2.04. The topological polar surface area (TPSA) is 66.9 Å². The molecule has 0 fully saturated rings. The number of carbonyl (C=O) groups excluding carboxylic acids is 1. The van der Waals surface area contributed by atoms with Crippen LogP contribution in [0.3, 0.4) is 0 Å². The van der Waals surface area contributed by atoms with Crippen LogP contribution in [0.15, 0.2) is 59.2 Å². The number of aryl methyl sites for hydroxylation is 1. The van der Waals surface area contributed by atoms with Crippen LogP contribution in [-0.2, 0) is 0 Å². The molecule has 2 aromatic carbocycles. The number of halogens is 1. The number of aromatic nitrogens is 2. The molecule has 0 atom stereocenters. The van der Waals surface area contributed by atoms with E-state index in [1.807, 2.05) is 37.3 Å². The van der Waals surface area contributed by atoms with Crippen LogP contribution in [0.2, 0.25) is 0 Å². The van der Waals surface area contributed by atoms with Crippen molar-refractivity contribution >= 4 is 44.9 Å². The summed E-state index contributed by atoms with van der Waals surface area (Å²) in [6.07, 6.45) is 1.69. The Morgan fingerprint density at radius 2 is 1.80 bits per heavy atom. The average Bonchev–Trinajstić information content (AvgIpc) is 2.58. The zero-order chi connectivity index (χ0) is 17.8. The molecule has 0 saturated heterocycles. The minimum atomic E-state index is 0.0462. The van der Waals surface area contributed by atoms with Crippen molar-refractivity contribution in [2.75, 3.05) is 10.6 Å². The third kappa shape index (κ3) is 4.42. The molecule has 0 aliphatic heterocycles. The SMILES string of the molecule is CC(=O)c1ccc(Nc2ccnc(Nc3ccc(Br)cc3C)n2)cc1. The molecule has 1 aromatic heterocycles. The van der Waals surface area contributed by atoms with Crippen molar-refractivity contribution in [2.45, 2.75) is 13.8 Å². The first-order valence-electron chi connectivity index (χ1n) is 7.75. The van der Waals surface area contributed by atoms with Crippen molar-refractivity contribution in [1.82, 2.24) is 9.97 Å². The number of rotatable bonds is 5. The molecule has 0 bridgehead atoms. The number of benzene rings is 2. The van der Waals surface area contributed by atoms with E-state index in [-0.39, 0.29) is 5.78 Å². The third-order valence-electron chi connectivity index (χ3n) is 3.65. The van der Waals surface area contributed by atoms with Crippen LogP contribution in [0.5, 0.6) is 0 Å². The first-order chi connectivity index (χ1) is 12.0. The highest BCUT2D eigenvalue weighted by Crippen LogP contribution is 2.23. The number of ketones is 1. The number of carbonyl (C=O) groups is 1. The van der Waals surface area contributed by atoms with Gasteiger partial charge in [0.15, 0.2) is 5.78 Å². The lowest BCUT2D eigenvalue weighted by Crippen LogP contribution is -2.01. The lowest BCUT2D eigenvalue weighted by molar-refractivity contribution is 0.101. The van der Waals surface area contributed by atoms with Gasteiger partial charge in [0.25, 0.3) is 0 Å². The predicted octanol–water partition coefficient (Wildman–Crippen LogP) is 5.24. The fourth-order valence-electron chi connectivity index (χ4n) is 2.31. The van der Waals surface area contributed by atoms with E-state index in [1.165, 1.54) is 0 Å². The molecule has 0 aliphatic rings. The van der Waals surface area contributed by atoms with Gasteiger partial charge in [-0.15, -0.1) is 0 Å². The monoisotopic (exact) mass is 396 g/mol. The fraction of sp³-hybridized carbons (Fsp3) is 0.105. The zero-order valence-corrected chi connectivity index (χ0v) is 15.5. The smallest absolute Gasteiger partial charge is 0.229 e. The molecule has 25 heavy (non-hydrogen) atoms. The Morgan fingerprint density at radius 1 is 1.04 bits per heavy atom. The van der Waals surface area contributed by atoms with E-state index < -0.39 is 0 Å². The van der Waals surface area contributed by atoms with Gasteiger partial charge in [0.05, 0.1) is 0 Å². The summed E-state index contributed by atoms with van der Waals surface area (Å²) in [6, 6.07) is 15.0. The van der Waals surface area contributed by atoms with Gasteiger partial charge in [-0.3, -0.25) is 4.79 Å². The van der Waals surface area contributed by atoms with Crippen molar-refractivity contribution in [2.24, 2.45) is 0 Å². The summed E-state index contributed by atoms with van der Waals surface area (Å²) in [4.78, 5) is 20.1. The third-order valence-corrected chi connectivity index (χ3v) is 4.15. The Kier molecular flexibility index (Phi) is 5.09. The quantitative estimate of drug-likeness (QED) is 0.577. The maximum Gasteiger partial charge on any atom is 0.229 e. The van der Waals surface area contributed by atoms with E-state index >= 15 is 0 Å². The van der Waals surface area contributed by atoms with Crippen molar-refractivity contribution < 1.29 is 4.79 Å². The van der Waals surface area contributed by atoms with Gasteiger partial charge >= 0.3 is 0 Å². The molecule has 0 spiro atoms. The van der Waals surface area contributed by atoms with Crippen molar-refractivity contribution in [3.63, 3.8) is 0 Å². The van der Waals surface area contributed by atoms with Gasteiger partial charge in [-0.1, -0.05) is 15.9 Å². The van der Waals surface area contributed by atoms with Crippen molar-refractivity contribution in [3.8, 4) is 0 Å². The van der Waals surface area contributed by atoms with Gasteiger partial charge in [0.2, 0.25) is 5.95 Å². The fourth-order valence-corrected chi connectivity index (χ4v) is 2.79. The molecule has 126 valence electrons. The second-order valence-corrected chi connectivity index (χ2v) is 6.52. The zero-order valence-electron chi connectivity index (χ0n) is 13.9. The summed E-state index contributed by atoms with van der Waals surface area (Å²) in [6.45, 7) is 3.57. The van der Waals surface area contributed by atoms with Crippen LogP contribution in [-0.4, -0.2) is 15.8 Å². The Hall–Kier alpha value is -2.73. The molecule has 0 unspecified atom stereocenters. The van der Waals surface area contributed by atoms with Gasteiger partial charge in [0, 0.05) is 27.6 Å². The first kappa shape index (κ1) is 17.1. The highest BCUT2D eigenvalue weighted by atomic mass is 79.9. The largest absolute Gasteiger partial charge is 0.340 e. The van der Waals surface area contributed by atoms with Crippen molar-refractivity contribution in [1.29, 1.82) is 0 Å². The summed E-state index contributed by atoms with van der Waals surface area (Å²) in [7, 11) is 0. The number of nitrogens with zero attached hydrogens (tertiary/aromatic N) is 2. The minimum absolute atomic E-state index is 0.0462. The molecular formula is C19H17BrN4O. The number of anilines is 4. The maximum absolute atomic E-state index is 11.3. The molecule has 3 aromatic rings. The Balaban J connectivity index is 1.76. The van der Waals surface area contributed by atoms with E-state index in [0.29, 0.717) is 17.3 Å². The van der Waals surface area contributed by atoms with Crippen molar-refractivity contribution in [3.05, 3.63) is 70.3 Å². The Labute approximate surface area is 154 Å². The van der Waals surface area contributed by atoms with Crippen LogP contribution < -0.4 is 10.6 Å². The van der Waals surface area contributed by atoms with Crippen LogP contribution in [0.25, 0.3) is 0 Å². The average molecular weight is 397 g/mol. The molecule has 5 nitrogen and oxygen atoms in total. The van der Waals surface area contributed by atoms with Gasteiger partial charge in [-0.05, 0) is 67.9 Å².